The average Bonchev–Trinajstić information content (AvgIpc) is 1.36. The van der Waals surface area contributed by atoms with E-state index in [0.29, 0.717) is 5.41 Å². The Kier molecular flexibility index (Phi) is 5.21. The number of terminal acetylenes is 1. The lowest BCUT2D eigenvalue weighted by molar-refractivity contribution is 0.469. The highest BCUT2D eigenvalue weighted by atomic mass is 14.0. The van der Waals surface area contributed by atoms with Crippen molar-refractivity contribution >= 4 is 0 Å². The van der Waals surface area contributed by atoms with Crippen LogP contribution in [0.1, 0.15) is 27.7 Å². The van der Waals surface area contributed by atoms with Crippen LogP contribution in [0.4, 0.5) is 0 Å². The van der Waals surface area contributed by atoms with Crippen molar-refractivity contribution in [2.45, 2.75) is 27.7 Å². The van der Waals surface area contributed by atoms with Gasteiger partial charge in [-0.2, -0.15) is 0 Å². The summed E-state index contributed by atoms with van der Waals surface area (Å²) in [7, 11) is 0. The van der Waals surface area contributed by atoms with E-state index >= 15 is 0 Å². The van der Waals surface area contributed by atoms with Gasteiger partial charge in [-0.1, -0.05) is 27.7 Å². The van der Waals surface area contributed by atoms with Crippen molar-refractivity contribution in [2.75, 3.05) is 0 Å². The van der Waals surface area contributed by atoms with Crippen molar-refractivity contribution in [3.8, 4) is 12.8 Å². The molecule has 0 saturated heterocycles. The molecule has 0 bridgehead atoms. The van der Waals surface area contributed by atoms with Gasteiger partial charge in [-0.05, 0) is 5.41 Å². The van der Waals surface area contributed by atoms with Crippen LogP contribution in [0, 0.1) is 18.3 Å². The molecule has 0 heteroatoms. The Labute approximate surface area is 46.9 Å². The van der Waals surface area contributed by atoms with E-state index in [1.54, 1.807) is 0 Å². The number of hydrogen-bond donors (Lipinski definition) is 0. The SMILES string of the molecule is C#C.CC(C)(C)C. The van der Waals surface area contributed by atoms with E-state index in [0.717, 1.165) is 0 Å². The molecule has 0 aromatic carbocycles. The molecule has 0 atom stereocenters. The Morgan fingerprint density at radius 3 is 0.857 bits per heavy atom. The molecule has 0 aliphatic rings. The number of hydrogen-bond acceptors (Lipinski definition) is 0. The van der Waals surface area contributed by atoms with Crippen LogP contribution in [0.3, 0.4) is 0 Å². The molecule has 0 nitrogen and oxygen atoms in total. The van der Waals surface area contributed by atoms with E-state index in [-0.39, 0.29) is 0 Å². The molecule has 0 N–H and O–H groups in total. The Morgan fingerprint density at radius 1 is 0.857 bits per heavy atom. The monoisotopic (exact) mass is 98.1 g/mol. The molecule has 0 aliphatic heterocycles. The first-order valence-corrected chi connectivity index (χ1v) is 2.33. The van der Waals surface area contributed by atoms with Crippen molar-refractivity contribution in [3.63, 3.8) is 0 Å². The van der Waals surface area contributed by atoms with Crippen LogP contribution >= 0.6 is 0 Å². The van der Waals surface area contributed by atoms with Gasteiger partial charge in [-0.25, -0.2) is 0 Å². The zero-order chi connectivity index (χ0) is 6.50. The summed E-state index contributed by atoms with van der Waals surface area (Å²) >= 11 is 0. The molecular weight excluding hydrogens is 84.1 g/mol. The van der Waals surface area contributed by atoms with Gasteiger partial charge in [-0.15, -0.1) is 12.8 Å². The molecule has 0 saturated carbocycles. The highest BCUT2D eigenvalue weighted by Gasteiger charge is 1.95. The summed E-state index contributed by atoms with van der Waals surface area (Å²) in [5, 5.41) is 0. The fourth-order valence-corrected chi connectivity index (χ4v) is 0. The fraction of sp³-hybridized carbons (Fsp3) is 0.714. The molecular formula is C7H14. The van der Waals surface area contributed by atoms with Gasteiger partial charge in [0.1, 0.15) is 0 Å². The van der Waals surface area contributed by atoms with Crippen molar-refractivity contribution in [1.29, 1.82) is 0 Å². The molecule has 0 unspecified atom stereocenters. The largest absolute Gasteiger partial charge is 0.124 e. The zero-order valence-corrected chi connectivity index (χ0v) is 5.65. The fourth-order valence-electron chi connectivity index (χ4n) is 0. The predicted molar refractivity (Wildman–Crippen MR) is 35.0 cm³/mol. The minimum Gasteiger partial charge on any atom is -0.124 e. The summed E-state index contributed by atoms with van der Waals surface area (Å²) in [5.74, 6) is 0. The minimum atomic E-state index is 0.500. The van der Waals surface area contributed by atoms with Gasteiger partial charge in [-0.3, -0.25) is 0 Å². The first-order valence-electron chi connectivity index (χ1n) is 2.33. The highest BCUT2D eigenvalue weighted by Crippen LogP contribution is 2.07. The normalized spacial score (nSPS) is 8.86. The molecule has 0 heterocycles. The first kappa shape index (κ1) is 9.75. The second-order valence-electron chi connectivity index (χ2n) is 3.00. The molecule has 42 valence electrons. The maximum absolute atomic E-state index is 4.00. The van der Waals surface area contributed by atoms with Crippen molar-refractivity contribution < 1.29 is 0 Å². The highest BCUT2D eigenvalue weighted by molar-refractivity contribution is 4.47. The third kappa shape index (κ3) is 364. The standard InChI is InChI=1S/C5H12.C2H2/c1-5(2,3)4;1-2/h1-4H3;1-2H. The maximum atomic E-state index is 4.00. The second kappa shape index (κ2) is 3.74. The van der Waals surface area contributed by atoms with Crippen LogP contribution in [0.2, 0.25) is 0 Å². The molecule has 7 heavy (non-hydrogen) atoms. The Bertz CT molecular complexity index is 36.8. The topological polar surface area (TPSA) is 0 Å². The van der Waals surface area contributed by atoms with E-state index < -0.39 is 0 Å². The van der Waals surface area contributed by atoms with Crippen LogP contribution in [-0.4, -0.2) is 0 Å². The average molecular weight is 98.2 g/mol. The minimum absolute atomic E-state index is 0.500. The molecule has 0 aromatic rings. The summed E-state index contributed by atoms with van der Waals surface area (Å²) in [6.45, 7) is 8.75. The van der Waals surface area contributed by atoms with Crippen LogP contribution in [0.25, 0.3) is 0 Å². The Hall–Kier alpha value is -0.440. The van der Waals surface area contributed by atoms with Crippen LogP contribution in [0.5, 0.6) is 0 Å². The lowest BCUT2D eigenvalue weighted by Crippen LogP contribution is -1.93. The van der Waals surface area contributed by atoms with Crippen molar-refractivity contribution in [3.05, 3.63) is 0 Å². The predicted octanol–water partition coefficient (Wildman–Crippen LogP) is 2.30. The molecule has 0 aromatic heterocycles. The summed E-state index contributed by atoms with van der Waals surface area (Å²) in [4.78, 5) is 0. The van der Waals surface area contributed by atoms with E-state index in [4.69, 9.17) is 0 Å². The third-order valence-corrected chi connectivity index (χ3v) is 0. The van der Waals surface area contributed by atoms with E-state index in [9.17, 15) is 0 Å². The summed E-state index contributed by atoms with van der Waals surface area (Å²) < 4.78 is 0. The van der Waals surface area contributed by atoms with Crippen LogP contribution in [0.15, 0.2) is 0 Å². The van der Waals surface area contributed by atoms with Gasteiger partial charge in [0, 0.05) is 0 Å². The molecule has 0 aliphatic carbocycles. The smallest absolute Gasteiger partial charge is 0.0411 e. The molecule has 0 spiro atoms. The lowest BCUT2D eigenvalue weighted by atomic mass is 10.0. The molecule has 0 rings (SSSR count). The molecule has 0 radical (unpaired) electrons. The van der Waals surface area contributed by atoms with Gasteiger partial charge in [0.25, 0.3) is 0 Å². The van der Waals surface area contributed by atoms with Gasteiger partial charge < -0.3 is 0 Å². The first-order chi connectivity index (χ1) is 3.00. The van der Waals surface area contributed by atoms with Gasteiger partial charge in [0.15, 0.2) is 0 Å². The lowest BCUT2D eigenvalue weighted by Gasteiger charge is -2.05. The van der Waals surface area contributed by atoms with Crippen LogP contribution < -0.4 is 0 Å². The Morgan fingerprint density at radius 2 is 0.857 bits per heavy atom. The van der Waals surface area contributed by atoms with Gasteiger partial charge >= 0.3 is 0 Å². The van der Waals surface area contributed by atoms with Crippen molar-refractivity contribution in [1.82, 2.24) is 0 Å². The van der Waals surface area contributed by atoms with Crippen LogP contribution in [-0.2, 0) is 0 Å². The van der Waals surface area contributed by atoms with E-state index in [1.165, 1.54) is 0 Å². The van der Waals surface area contributed by atoms with Crippen molar-refractivity contribution in [2.24, 2.45) is 5.41 Å². The third-order valence-electron chi connectivity index (χ3n) is 0. The van der Waals surface area contributed by atoms with E-state index in [2.05, 4.69) is 40.5 Å². The van der Waals surface area contributed by atoms with E-state index in [1.807, 2.05) is 0 Å². The number of rotatable bonds is 0. The second-order valence-corrected chi connectivity index (χ2v) is 3.00. The molecule has 0 amide bonds. The summed E-state index contributed by atoms with van der Waals surface area (Å²) in [6.07, 6.45) is 8.00. The van der Waals surface area contributed by atoms with Gasteiger partial charge in [0.2, 0.25) is 0 Å². The zero-order valence-electron chi connectivity index (χ0n) is 5.65. The quantitative estimate of drug-likeness (QED) is 0.408. The Balaban J connectivity index is 0. The summed E-state index contributed by atoms with van der Waals surface area (Å²) in [6, 6.07) is 0. The summed E-state index contributed by atoms with van der Waals surface area (Å²) in [5.41, 5.74) is 0.500. The van der Waals surface area contributed by atoms with Gasteiger partial charge in [0.05, 0.1) is 0 Å². The molecule has 0 fully saturated rings. The maximum Gasteiger partial charge on any atom is -0.0411 e.